The molecule has 6 heteroatoms. The zero-order valence-electron chi connectivity index (χ0n) is 14.7. The van der Waals surface area contributed by atoms with Gasteiger partial charge in [-0.25, -0.2) is 9.97 Å². The van der Waals surface area contributed by atoms with Crippen LogP contribution in [-0.2, 0) is 17.8 Å². The highest BCUT2D eigenvalue weighted by atomic mass is 16.2. The van der Waals surface area contributed by atoms with E-state index in [-0.39, 0.29) is 5.91 Å². The molecule has 24 heavy (non-hydrogen) atoms. The second kappa shape index (κ2) is 7.75. The molecule has 2 aromatic rings. The monoisotopic (exact) mass is 329 g/mol. The molecule has 3 rings (SSSR count). The standard InChI is InChI=1S/C18H27N5O/c1-3-4-5-16-21-15-12-14(2)13-20-18(15)23(16)9-6-17(24)22-10-7-19-8-11-22/h12-13,19H,3-11H2,1-2H3. The molecule has 0 aliphatic carbocycles. The van der Waals surface area contributed by atoms with Crippen molar-refractivity contribution < 1.29 is 4.79 Å². The zero-order valence-corrected chi connectivity index (χ0v) is 14.7. The van der Waals surface area contributed by atoms with Gasteiger partial charge in [-0.1, -0.05) is 13.3 Å². The topological polar surface area (TPSA) is 63.1 Å². The largest absolute Gasteiger partial charge is 0.340 e. The lowest BCUT2D eigenvalue weighted by Gasteiger charge is -2.27. The summed E-state index contributed by atoms with van der Waals surface area (Å²) in [6.45, 7) is 8.28. The van der Waals surface area contributed by atoms with Crippen LogP contribution in [0.15, 0.2) is 12.3 Å². The number of aromatic nitrogens is 3. The zero-order chi connectivity index (χ0) is 16.9. The molecule has 6 nitrogen and oxygen atoms in total. The van der Waals surface area contributed by atoms with Gasteiger partial charge in [-0.05, 0) is 25.0 Å². The van der Waals surface area contributed by atoms with Gasteiger partial charge in [-0.3, -0.25) is 4.79 Å². The predicted octanol–water partition coefficient (Wildman–Crippen LogP) is 1.90. The average molecular weight is 329 g/mol. The van der Waals surface area contributed by atoms with E-state index in [0.29, 0.717) is 13.0 Å². The maximum Gasteiger partial charge on any atom is 0.224 e. The highest BCUT2D eigenvalue weighted by Gasteiger charge is 2.18. The van der Waals surface area contributed by atoms with Crippen molar-refractivity contribution in [3.8, 4) is 0 Å². The number of nitrogens with one attached hydrogen (secondary N) is 1. The molecule has 0 aromatic carbocycles. The van der Waals surface area contributed by atoms with E-state index in [1.165, 1.54) is 0 Å². The number of fused-ring (bicyclic) bond motifs is 1. The number of aryl methyl sites for hydroxylation is 3. The molecule has 1 N–H and O–H groups in total. The number of rotatable bonds is 6. The molecule has 2 aromatic heterocycles. The smallest absolute Gasteiger partial charge is 0.224 e. The number of hydrogen-bond acceptors (Lipinski definition) is 4. The minimum Gasteiger partial charge on any atom is -0.340 e. The summed E-state index contributed by atoms with van der Waals surface area (Å²) < 4.78 is 2.14. The van der Waals surface area contributed by atoms with Crippen molar-refractivity contribution in [2.24, 2.45) is 0 Å². The first-order chi connectivity index (χ1) is 11.7. The van der Waals surface area contributed by atoms with E-state index >= 15 is 0 Å². The SMILES string of the molecule is CCCCc1nc2cc(C)cnc2n1CCC(=O)N1CCNCC1. The molecule has 0 bridgehead atoms. The molecule has 1 aliphatic heterocycles. The van der Waals surface area contributed by atoms with Crippen molar-refractivity contribution >= 4 is 17.1 Å². The van der Waals surface area contributed by atoms with E-state index in [9.17, 15) is 4.79 Å². The maximum absolute atomic E-state index is 12.5. The predicted molar refractivity (Wildman–Crippen MR) is 94.9 cm³/mol. The second-order valence-electron chi connectivity index (χ2n) is 6.52. The third-order valence-corrected chi connectivity index (χ3v) is 4.57. The van der Waals surface area contributed by atoms with Gasteiger partial charge in [-0.2, -0.15) is 0 Å². The highest BCUT2D eigenvalue weighted by Crippen LogP contribution is 2.18. The van der Waals surface area contributed by atoms with Crippen molar-refractivity contribution in [1.29, 1.82) is 0 Å². The molecule has 1 saturated heterocycles. The lowest BCUT2D eigenvalue weighted by atomic mass is 10.2. The van der Waals surface area contributed by atoms with Crippen LogP contribution in [0.4, 0.5) is 0 Å². The Bertz CT molecular complexity index is 703. The van der Waals surface area contributed by atoms with Gasteiger partial charge in [0.05, 0.1) is 0 Å². The number of unbranched alkanes of at least 4 members (excludes halogenated alkanes) is 1. The van der Waals surface area contributed by atoms with Crippen molar-refractivity contribution in [3.63, 3.8) is 0 Å². The van der Waals surface area contributed by atoms with Crippen LogP contribution in [0.25, 0.3) is 11.2 Å². The molecule has 3 heterocycles. The van der Waals surface area contributed by atoms with Gasteiger partial charge < -0.3 is 14.8 Å². The Labute approximate surface area is 143 Å². The van der Waals surface area contributed by atoms with Crippen LogP contribution in [0.2, 0.25) is 0 Å². The number of nitrogens with zero attached hydrogens (tertiary/aromatic N) is 4. The van der Waals surface area contributed by atoms with E-state index in [1.807, 2.05) is 18.0 Å². The van der Waals surface area contributed by atoms with Gasteiger partial charge in [-0.15, -0.1) is 0 Å². The molecular weight excluding hydrogens is 302 g/mol. The average Bonchev–Trinajstić information content (AvgIpc) is 2.95. The molecule has 130 valence electrons. The number of piperazine rings is 1. The lowest BCUT2D eigenvalue weighted by Crippen LogP contribution is -2.46. The van der Waals surface area contributed by atoms with Crippen molar-refractivity contribution in [3.05, 3.63) is 23.7 Å². The number of carbonyl (C=O) groups excluding carboxylic acids is 1. The molecular formula is C18H27N5O. The Morgan fingerprint density at radius 2 is 2.12 bits per heavy atom. The number of amides is 1. The van der Waals surface area contributed by atoms with Gasteiger partial charge in [0.25, 0.3) is 0 Å². The Balaban J connectivity index is 1.77. The summed E-state index contributed by atoms with van der Waals surface area (Å²) >= 11 is 0. The molecule has 1 amide bonds. The van der Waals surface area contributed by atoms with E-state index in [0.717, 1.165) is 68.0 Å². The van der Waals surface area contributed by atoms with Crippen LogP contribution < -0.4 is 5.32 Å². The van der Waals surface area contributed by atoms with Crippen LogP contribution in [0, 0.1) is 6.92 Å². The first-order valence-electron chi connectivity index (χ1n) is 8.99. The van der Waals surface area contributed by atoms with Gasteiger partial charge in [0.15, 0.2) is 5.65 Å². The van der Waals surface area contributed by atoms with E-state index < -0.39 is 0 Å². The third kappa shape index (κ3) is 3.75. The Morgan fingerprint density at radius 1 is 1.33 bits per heavy atom. The number of hydrogen-bond donors (Lipinski definition) is 1. The fourth-order valence-corrected chi connectivity index (χ4v) is 3.20. The molecule has 1 aliphatic rings. The number of carbonyl (C=O) groups is 1. The van der Waals surface area contributed by atoms with Gasteiger partial charge in [0, 0.05) is 51.8 Å². The van der Waals surface area contributed by atoms with Crippen molar-refractivity contribution in [2.75, 3.05) is 26.2 Å². The van der Waals surface area contributed by atoms with E-state index in [4.69, 9.17) is 4.98 Å². The summed E-state index contributed by atoms with van der Waals surface area (Å²) in [6, 6.07) is 2.08. The first-order valence-corrected chi connectivity index (χ1v) is 8.99. The van der Waals surface area contributed by atoms with Gasteiger partial charge in [0.1, 0.15) is 11.3 Å². The maximum atomic E-state index is 12.5. The summed E-state index contributed by atoms with van der Waals surface area (Å²) in [4.78, 5) is 23.7. The van der Waals surface area contributed by atoms with Crippen LogP contribution in [-0.4, -0.2) is 51.5 Å². The van der Waals surface area contributed by atoms with Crippen molar-refractivity contribution in [2.45, 2.75) is 46.1 Å². The summed E-state index contributed by atoms with van der Waals surface area (Å²) in [5.74, 6) is 1.28. The van der Waals surface area contributed by atoms with Gasteiger partial charge in [0.2, 0.25) is 5.91 Å². The Hall–Kier alpha value is -1.95. The van der Waals surface area contributed by atoms with Crippen LogP contribution >= 0.6 is 0 Å². The summed E-state index contributed by atoms with van der Waals surface area (Å²) in [7, 11) is 0. The summed E-state index contributed by atoms with van der Waals surface area (Å²) in [6.07, 6.45) is 5.57. The lowest BCUT2D eigenvalue weighted by molar-refractivity contribution is -0.131. The number of pyridine rings is 1. The normalized spacial score (nSPS) is 15.2. The fraction of sp³-hybridized carbons (Fsp3) is 0.611. The molecule has 0 unspecified atom stereocenters. The summed E-state index contributed by atoms with van der Waals surface area (Å²) in [5.41, 5.74) is 2.96. The Kier molecular flexibility index (Phi) is 5.45. The molecule has 0 spiro atoms. The molecule has 1 fully saturated rings. The molecule has 0 radical (unpaired) electrons. The highest BCUT2D eigenvalue weighted by molar-refractivity contribution is 5.77. The number of imidazole rings is 1. The minimum atomic E-state index is 0.229. The van der Waals surface area contributed by atoms with E-state index in [1.54, 1.807) is 0 Å². The third-order valence-electron chi connectivity index (χ3n) is 4.57. The summed E-state index contributed by atoms with van der Waals surface area (Å²) in [5, 5.41) is 3.28. The van der Waals surface area contributed by atoms with Crippen molar-refractivity contribution in [1.82, 2.24) is 24.8 Å². The van der Waals surface area contributed by atoms with Gasteiger partial charge >= 0.3 is 0 Å². The molecule has 0 atom stereocenters. The second-order valence-corrected chi connectivity index (χ2v) is 6.52. The van der Waals surface area contributed by atoms with E-state index in [2.05, 4.69) is 27.9 Å². The first kappa shape index (κ1) is 16.9. The van der Waals surface area contributed by atoms with Crippen LogP contribution in [0.1, 0.15) is 37.6 Å². The minimum absolute atomic E-state index is 0.229. The molecule has 0 saturated carbocycles. The quantitative estimate of drug-likeness (QED) is 0.879. The van der Waals surface area contributed by atoms with Crippen LogP contribution in [0.3, 0.4) is 0 Å². The fourth-order valence-electron chi connectivity index (χ4n) is 3.20. The van der Waals surface area contributed by atoms with Crippen LogP contribution in [0.5, 0.6) is 0 Å². The Morgan fingerprint density at radius 3 is 2.88 bits per heavy atom.